The molecule has 0 aliphatic carbocycles. The van der Waals surface area contributed by atoms with Crippen LogP contribution in [-0.2, 0) is 16.1 Å². The molecule has 2 rings (SSSR count). The van der Waals surface area contributed by atoms with Gasteiger partial charge in [0.1, 0.15) is 0 Å². The van der Waals surface area contributed by atoms with Gasteiger partial charge in [0.15, 0.2) is 0 Å². The number of rotatable bonds is 3. The summed E-state index contributed by atoms with van der Waals surface area (Å²) in [6.07, 6.45) is 4.33. The number of carbonyl (C=O) groups excluding carboxylic acids is 2. The Morgan fingerprint density at radius 2 is 2.00 bits per heavy atom. The van der Waals surface area contributed by atoms with E-state index in [2.05, 4.69) is 16.6 Å². The number of carbonyl (C=O) groups is 2. The normalized spacial score (nSPS) is 13.1. The van der Waals surface area contributed by atoms with E-state index in [1.54, 1.807) is 12.3 Å². The summed E-state index contributed by atoms with van der Waals surface area (Å²) in [6, 6.07) is 9.70. The third-order valence-corrected chi connectivity index (χ3v) is 3.15. The van der Waals surface area contributed by atoms with Crippen LogP contribution in [0.25, 0.3) is 0 Å². The van der Waals surface area contributed by atoms with Crippen LogP contribution in [0.2, 0.25) is 0 Å². The number of allylic oxidation sites excluding steroid dienone is 1. The Kier molecular flexibility index (Phi) is 8.21. The molecule has 5 nitrogen and oxygen atoms in total. The van der Waals surface area contributed by atoms with Gasteiger partial charge in [0.2, 0.25) is 5.91 Å². The van der Waals surface area contributed by atoms with Crippen LogP contribution in [0.5, 0.6) is 0 Å². The van der Waals surface area contributed by atoms with Crippen LogP contribution < -0.4 is 5.32 Å². The second kappa shape index (κ2) is 10.2. The Balaban J connectivity index is 0.000000816. The predicted molar refractivity (Wildman–Crippen MR) is 90.6 cm³/mol. The summed E-state index contributed by atoms with van der Waals surface area (Å²) in [4.78, 5) is 24.9. The van der Waals surface area contributed by atoms with Gasteiger partial charge in [0.05, 0.1) is 7.11 Å². The van der Waals surface area contributed by atoms with Crippen molar-refractivity contribution in [3.05, 3.63) is 60.3 Å². The van der Waals surface area contributed by atoms with Crippen molar-refractivity contribution in [2.24, 2.45) is 0 Å². The molecule has 1 aliphatic heterocycles. The average Bonchev–Trinajstić information content (AvgIpc) is 2.60. The SMILES string of the molecule is C=CC.COC(=O)N1C=C(C(=O)NCc2ccccc2)CCC1. The van der Waals surface area contributed by atoms with Crippen molar-refractivity contribution in [2.75, 3.05) is 13.7 Å². The lowest BCUT2D eigenvalue weighted by Gasteiger charge is -2.23. The molecule has 0 saturated heterocycles. The number of nitrogens with one attached hydrogen (secondary N) is 1. The summed E-state index contributed by atoms with van der Waals surface area (Å²) in [5, 5.41) is 2.86. The summed E-state index contributed by atoms with van der Waals surface area (Å²) in [5.74, 6) is -0.137. The number of ether oxygens (including phenoxy) is 1. The Morgan fingerprint density at radius 1 is 1.35 bits per heavy atom. The number of hydrogen-bond donors (Lipinski definition) is 1. The fourth-order valence-corrected chi connectivity index (χ4v) is 2.08. The third-order valence-electron chi connectivity index (χ3n) is 3.15. The Morgan fingerprint density at radius 3 is 2.61 bits per heavy atom. The Bertz CT molecular complexity index is 553. The molecule has 1 N–H and O–H groups in total. The van der Waals surface area contributed by atoms with Crippen LogP contribution in [0.3, 0.4) is 0 Å². The van der Waals surface area contributed by atoms with E-state index in [0.717, 1.165) is 12.0 Å². The number of amides is 2. The zero-order valence-electron chi connectivity index (χ0n) is 13.7. The Labute approximate surface area is 137 Å². The van der Waals surface area contributed by atoms with Crippen LogP contribution in [-0.4, -0.2) is 30.6 Å². The number of hydrogen-bond acceptors (Lipinski definition) is 3. The van der Waals surface area contributed by atoms with Crippen LogP contribution in [0.15, 0.2) is 54.8 Å². The zero-order valence-corrected chi connectivity index (χ0v) is 13.7. The fraction of sp³-hybridized carbons (Fsp3) is 0.333. The Hall–Kier alpha value is -2.56. The van der Waals surface area contributed by atoms with Gasteiger partial charge in [-0.2, -0.15) is 0 Å². The van der Waals surface area contributed by atoms with Gasteiger partial charge < -0.3 is 10.1 Å². The van der Waals surface area contributed by atoms with E-state index >= 15 is 0 Å². The first-order valence-corrected chi connectivity index (χ1v) is 7.56. The molecule has 0 saturated carbocycles. The van der Waals surface area contributed by atoms with Crippen LogP contribution >= 0.6 is 0 Å². The van der Waals surface area contributed by atoms with E-state index in [-0.39, 0.29) is 5.91 Å². The first-order chi connectivity index (χ1) is 11.1. The van der Waals surface area contributed by atoms with Gasteiger partial charge in [-0.25, -0.2) is 4.79 Å². The first kappa shape index (κ1) is 18.5. The first-order valence-electron chi connectivity index (χ1n) is 7.56. The van der Waals surface area contributed by atoms with Crippen molar-refractivity contribution in [3.63, 3.8) is 0 Å². The number of nitrogens with zero attached hydrogens (tertiary/aromatic N) is 1. The molecule has 0 fully saturated rings. The van der Waals surface area contributed by atoms with Crippen LogP contribution in [0.1, 0.15) is 25.3 Å². The fourth-order valence-electron chi connectivity index (χ4n) is 2.08. The lowest BCUT2D eigenvalue weighted by atomic mass is 10.1. The minimum Gasteiger partial charge on any atom is -0.452 e. The number of benzene rings is 1. The minimum absolute atomic E-state index is 0.137. The van der Waals surface area contributed by atoms with Gasteiger partial charge in [0, 0.05) is 24.9 Å². The molecule has 0 spiro atoms. The molecule has 0 bridgehead atoms. The highest BCUT2D eigenvalue weighted by atomic mass is 16.5. The molecule has 1 aromatic rings. The van der Waals surface area contributed by atoms with Crippen molar-refractivity contribution in [1.82, 2.24) is 10.2 Å². The quantitative estimate of drug-likeness (QED) is 0.871. The van der Waals surface area contributed by atoms with E-state index in [9.17, 15) is 9.59 Å². The number of methoxy groups -OCH3 is 1. The molecule has 0 aromatic heterocycles. The molecule has 0 radical (unpaired) electrons. The van der Waals surface area contributed by atoms with E-state index in [0.29, 0.717) is 25.1 Å². The summed E-state index contributed by atoms with van der Waals surface area (Å²) in [6.45, 7) is 6.32. The van der Waals surface area contributed by atoms with Gasteiger partial charge in [-0.15, -0.1) is 6.58 Å². The van der Waals surface area contributed by atoms with Gasteiger partial charge in [-0.1, -0.05) is 36.4 Å². The molecule has 1 heterocycles. The maximum absolute atomic E-state index is 12.1. The summed E-state index contributed by atoms with van der Waals surface area (Å²) in [5.41, 5.74) is 1.65. The van der Waals surface area contributed by atoms with Crippen molar-refractivity contribution >= 4 is 12.0 Å². The van der Waals surface area contributed by atoms with E-state index < -0.39 is 6.09 Å². The monoisotopic (exact) mass is 316 g/mol. The topological polar surface area (TPSA) is 58.6 Å². The third kappa shape index (κ3) is 6.38. The van der Waals surface area contributed by atoms with Gasteiger partial charge in [0.25, 0.3) is 0 Å². The minimum atomic E-state index is -0.432. The van der Waals surface area contributed by atoms with Crippen molar-refractivity contribution < 1.29 is 14.3 Å². The molecule has 124 valence electrons. The maximum atomic E-state index is 12.1. The van der Waals surface area contributed by atoms with E-state index in [4.69, 9.17) is 0 Å². The summed E-state index contributed by atoms with van der Waals surface area (Å²) >= 11 is 0. The van der Waals surface area contributed by atoms with Crippen molar-refractivity contribution in [3.8, 4) is 0 Å². The highest BCUT2D eigenvalue weighted by Crippen LogP contribution is 2.15. The summed E-state index contributed by atoms with van der Waals surface area (Å²) < 4.78 is 4.66. The molecule has 0 atom stereocenters. The highest BCUT2D eigenvalue weighted by Gasteiger charge is 2.20. The highest BCUT2D eigenvalue weighted by molar-refractivity contribution is 5.93. The van der Waals surface area contributed by atoms with Gasteiger partial charge in [-0.3, -0.25) is 9.69 Å². The van der Waals surface area contributed by atoms with Crippen LogP contribution in [0, 0.1) is 0 Å². The van der Waals surface area contributed by atoms with Gasteiger partial charge >= 0.3 is 6.09 Å². The van der Waals surface area contributed by atoms with Crippen molar-refractivity contribution in [2.45, 2.75) is 26.3 Å². The lowest BCUT2D eigenvalue weighted by molar-refractivity contribution is -0.118. The molecule has 2 amide bonds. The average molecular weight is 316 g/mol. The summed E-state index contributed by atoms with van der Waals surface area (Å²) in [7, 11) is 1.33. The lowest BCUT2D eigenvalue weighted by Crippen LogP contribution is -2.33. The van der Waals surface area contributed by atoms with E-state index in [1.807, 2.05) is 37.3 Å². The molecule has 1 aliphatic rings. The van der Waals surface area contributed by atoms with Crippen molar-refractivity contribution in [1.29, 1.82) is 0 Å². The molecular formula is C18H24N2O3. The molecule has 0 unspecified atom stereocenters. The smallest absolute Gasteiger partial charge is 0.413 e. The van der Waals surface area contributed by atoms with Gasteiger partial charge in [-0.05, 0) is 25.3 Å². The second-order valence-corrected chi connectivity index (χ2v) is 5.00. The largest absolute Gasteiger partial charge is 0.452 e. The van der Waals surface area contributed by atoms with Crippen LogP contribution in [0.4, 0.5) is 4.79 Å². The standard InChI is InChI=1S/C15H18N2O3.C3H6/c1-20-15(19)17-9-5-8-13(11-17)14(18)16-10-12-6-3-2-4-7-12;1-3-2/h2-4,6-7,11H,5,8-10H2,1H3,(H,16,18);3H,1H2,2H3. The van der Waals surface area contributed by atoms with E-state index in [1.165, 1.54) is 12.0 Å². The second-order valence-electron chi connectivity index (χ2n) is 5.00. The maximum Gasteiger partial charge on any atom is 0.413 e. The zero-order chi connectivity index (χ0) is 17.1. The predicted octanol–water partition coefficient (Wildman–Crippen LogP) is 3.24. The molecule has 1 aromatic carbocycles. The molecular weight excluding hydrogens is 292 g/mol. The molecule has 5 heteroatoms. The molecule has 23 heavy (non-hydrogen) atoms.